The molecule has 22 heavy (non-hydrogen) atoms. The fourth-order valence-electron chi connectivity index (χ4n) is 2.84. The molecule has 3 nitrogen and oxygen atoms in total. The number of nitrogens with zero attached hydrogens (tertiary/aromatic N) is 1. The summed E-state index contributed by atoms with van der Waals surface area (Å²) in [6.07, 6.45) is 2.64. The summed E-state index contributed by atoms with van der Waals surface area (Å²) in [5.74, 6) is -0.0971. The first kappa shape index (κ1) is 18.7. The second kappa shape index (κ2) is 8.94. The second-order valence-corrected chi connectivity index (χ2v) is 7.19. The van der Waals surface area contributed by atoms with Gasteiger partial charge in [0.25, 0.3) is 0 Å². The minimum Gasteiger partial charge on any atom is -0.465 e. The van der Waals surface area contributed by atoms with Gasteiger partial charge in [0.05, 0.1) is 12.5 Å². The van der Waals surface area contributed by atoms with Crippen LogP contribution in [0.25, 0.3) is 0 Å². The highest BCUT2D eigenvalue weighted by Gasteiger charge is 2.25. The maximum atomic E-state index is 12.4. The van der Waals surface area contributed by atoms with Crippen molar-refractivity contribution < 1.29 is 9.53 Å². The molecule has 0 bridgehead atoms. The summed E-state index contributed by atoms with van der Waals surface area (Å²) >= 11 is 0. The molecule has 0 heterocycles. The molecule has 1 aromatic rings. The first-order chi connectivity index (χ1) is 10.3. The van der Waals surface area contributed by atoms with E-state index >= 15 is 0 Å². The number of hydrogen-bond donors (Lipinski definition) is 0. The Balaban J connectivity index is 2.58. The lowest BCUT2D eigenvalue weighted by molar-refractivity contribution is -0.152. The molecule has 0 N–H and O–H groups in total. The van der Waals surface area contributed by atoms with Crippen molar-refractivity contribution >= 4 is 5.97 Å². The molecule has 0 aromatic heterocycles. The molecule has 1 atom stereocenters. The number of carbonyl (C=O) groups excluding carboxylic acids is 1. The van der Waals surface area contributed by atoms with E-state index in [1.165, 1.54) is 5.56 Å². The highest BCUT2D eigenvalue weighted by atomic mass is 16.5. The molecular weight excluding hydrogens is 274 g/mol. The molecule has 0 aliphatic rings. The van der Waals surface area contributed by atoms with E-state index in [4.69, 9.17) is 4.74 Å². The van der Waals surface area contributed by atoms with Gasteiger partial charge in [-0.1, -0.05) is 57.5 Å². The van der Waals surface area contributed by atoms with Crippen LogP contribution in [0.2, 0.25) is 0 Å². The van der Waals surface area contributed by atoms with Gasteiger partial charge in [-0.15, -0.1) is 0 Å². The van der Waals surface area contributed by atoms with Gasteiger partial charge in [-0.3, -0.25) is 4.79 Å². The summed E-state index contributed by atoms with van der Waals surface area (Å²) in [6, 6.07) is 10.2. The van der Waals surface area contributed by atoms with Crippen LogP contribution in [0.15, 0.2) is 30.3 Å². The van der Waals surface area contributed by atoms with E-state index in [-0.39, 0.29) is 17.3 Å². The summed E-state index contributed by atoms with van der Waals surface area (Å²) in [6.45, 7) is 7.75. The average Bonchev–Trinajstić information content (AvgIpc) is 2.44. The maximum absolute atomic E-state index is 12.4. The number of rotatable bonds is 9. The molecule has 0 spiro atoms. The Morgan fingerprint density at radius 1 is 1.23 bits per heavy atom. The van der Waals surface area contributed by atoms with Crippen LogP contribution in [-0.4, -0.2) is 38.1 Å². The molecule has 0 amide bonds. The second-order valence-electron chi connectivity index (χ2n) is 7.19. The van der Waals surface area contributed by atoms with Crippen molar-refractivity contribution in [1.29, 1.82) is 0 Å². The number of benzene rings is 1. The quantitative estimate of drug-likeness (QED) is 0.650. The molecule has 3 heteroatoms. The highest BCUT2D eigenvalue weighted by molar-refractivity contribution is 5.72. The average molecular weight is 305 g/mol. The Hall–Kier alpha value is -1.35. The van der Waals surface area contributed by atoms with E-state index in [1.54, 1.807) is 0 Å². The molecule has 0 unspecified atom stereocenters. The zero-order valence-corrected chi connectivity index (χ0v) is 14.8. The fourth-order valence-corrected chi connectivity index (χ4v) is 2.84. The van der Waals surface area contributed by atoms with Crippen LogP contribution < -0.4 is 0 Å². The molecule has 0 aliphatic heterocycles. The number of esters is 1. The van der Waals surface area contributed by atoms with Crippen molar-refractivity contribution in [3.8, 4) is 0 Å². The van der Waals surface area contributed by atoms with E-state index in [0.29, 0.717) is 6.61 Å². The van der Waals surface area contributed by atoms with Crippen molar-refractivity contribution in [3.05, 3.63) is 35.9 Å². The molecule has 1 aromatic carbocycles. The van der Waals surface area contributed by atoms with Gasteiger partial charge in [-0.2, -0.15) is 0 Å². The van der Waals surface area contributed by atoms with Gasteiger partial charge in [0.1, 0.15) is 0 Å². The lowest BCUT2D eigenvalue weighted by Crippen LogP contribution is -2.34. The SMILES string of the molecule is CCC[C@H](Cc1ccccc1)C(=O)OCC(C)(C)CN(C)C. The predicted molar refractivity (Wildman–Crippen MR) is 91.8 cm³/mol. The van der Waals surface area contributed by atoms with Crippen molar-refractivity contribution in [2.75, 3.05) is 27.2 Å². The fraction of sp³-hybridized carbons (Fsp3) is 0.632. The third-order valence-electron chi connectivity index (χ3n) is 3.64. The maximum Gasteiger partial charge on any atom is 0.309 e. The molecular formula is C19H31NO2. The van der Waals surface area contributed by atoms with Crippen LogP contribution in [0, 0.1) is 11.3 Å². The summed E-state index contributed by atoms with van der Waals surface area (Å²) in [5.41, 5.74) is 1.17. The molecule has 0 fully saturated rings. The summed E-state index contributed by atoms with van der Waals surface area (Å²) < 4.78 is 5.63. The molecule has 0 aliphatic carbocycles. The van der Waals surface area contributed by atoms with Crippen molar-refractivity contribution in [3.63, 3.8) is 0 Å². The number of ether oxygens (including phenoxy) is 1. The Labute approximate surface area is 135 Å². The monoisotopic (exact) mass is 305 g/mol. The lowest BCUT2D eigenvalue weighted by Gasteiger charge is -2.28. The lowest BCUT2D eigenvalue weighted by atomic mass is 9.93. The first-order valence-corrected chi connectivity index (χ1v) is 8.19. The smallest absolute Gasteiger partial charge is 0.309 e. The van der Waals surface area contributed by atoms with Gasteiger partial charge in [0, 0.05) is 12.0 Å². The minimum absolute atomic E-state index is 0.0251. The van der Waals surface area contributed by atoms with E-state index in [2.05, 4.69) is 37.8 Å². The number of carbonyl (C=O) groups is 1. The van der Waals surface area contributed by atoms with Crippen LogP contribution in [0.1, 0.15) is 39.2 Å². The van der Waals surface area contributed by atoms with Crippen molar-refractivity contribution in [2.45, 2.75) is 40.0 Å². The highest BCUT2D eigenvalue weighted by Crippen LogP contribution is 2.20. The van der Waals surface area contributed by atoms with Gasteiger partial charge >= 0.3 is 5.97 Å². The standard InChI is InChI=1S/C19H31NO2/c1-6-10-17(13-16-11-8-7-9-12-16)18(21)22-15-19(2,3)14-20(4)5/h7-9,11-12,17H,6,10,13-15H2,1-5H3/t17-/m1/s1. The van der Waals surface area contributed by atoms with Crippen molar-refractivity contribution in [1.82, 2.24) is 4.90 Å². The zero-order chi connectivity index (χ0) is 16.6. The molecule has 1 rings (SSSR count). The zero-order valence-electron chi connectivity index (χ0n) is 14.8. The van der Waals surface area contributed by atoms with Gasteiger partial charge in [0.2, 0.25) is 0 Å². The molecule has 124 valence electrons. The van der Waals surface area contributed by atoms with Gasteiger partial charge in [0.15, 0.2) is 0 Å². The largest absolute Gasteiger partial charge is 0.465 e. The van der Waals surface area contributed by atoms with Gasteiger partial charge in [-0.25, -0.2) is 0 Å². The third kappa shape index (κ3) is 7.08. The van der Waals surface area contributed by atoms with Crippen LogP contribution in [0.4, 0.5) is 0 Å². The Morgan fingerprint density at radius 3 is 2.41 bits per heavy atom. The van der Waals surface area contributed by atoms with Crippen LogP contribution >= 0.6 is 0 Å². The van der Waals surface area contributed by atoms with Crippen LogP contribution in [0.5, 0.6) is 0 Å². The molecule has 0 radical (unpaired) electrons. The van der Waals surface area contributed by atoms with E-state index in [0.717, 1.165) is 25.8 Å². The molecule has 0 saturated carbocycles. The van der Waals surface area contributed by atoms with E-state index < -0.39 is 0 Å². The molecule has 0 saturated heterocycles. The Morgan fingerprint density at radius 2 is 1.86 bits per heavy atom. The summed E-state index contributed by atoms with van der Waals surface area (Å²) in [7, 11) is 4.08. The summed E-state index contributed by atoms with van der Waals surface area (Å²) in [5, 5.41) is 0. The first-order valence-electron chi connectivity index (χ1n) is 8.19. The topological polar surface area (TPSA) is 29.5 Å². The van der Waals surface area contributed by atoms with E-state index in [9.17, 15) is 4.79 Å². The minimum atomic E-state index is -0.0578. The normalized spacial score (nSPS) is 13.2. The van der Waals surface area contributed by atoms with Gasteiger partial charge in [-0.05, 0) is 32.5 Å². The predicted octanol–water partition coefficient (Wildman–Crippen LogP) is 3.78. The summed E-state index contributed by atoms with van der Waals surface area (Å²) in [4.78, 5) is 14.6. The van der Waals surface area contributed by atoms with Crippen LogP contribution in [0.3, 0.4) is 0 Å². The number of hydrogen-bond acceptors (Lipinski definition) is 3. The Kier molecular flexibility index (Phi) is 7.60. The van der Waals surface area contributed by atoms with E-state index in [1.807, 2.05) is 32.3 Å². The van der Waals surface area contributed by atoms with Gasteiger partial charge < -0.3 is 9.64 Å². The van der Waals surface area contributed by atoms with Crippen molar-refractivity contribution in [2.24, 2.45) is 11.3 Å². The Bertz CT molecular complexity index is 440. The third-order valence-corrected chi connectivity index (χ3v) is 3.64. The van der Waals surface area contributed by atoms with Crippen LogP contribution in [-0.2, 0) is 16.0 Å².